The molecule has 4 N–H and O–H groups in total. The Morgan fingerprint density at radius 3 is 1.62 bits per heavy atom. The minimum atomic E-state index is -2.93. The van der Waals surface area contributed by atoms with Crippen LogP contribution in [0.25, 0.3) is 0 Å². The summed E-state index contributed by atoms with van der Waals surface area (Å²) >= 11 is 0. The van der Waals surface area contributed by atoms with E-state index in [2.05, 4.69) is 9.05 Å². The number of amides is 2. The van der Waals surface area contributed by atoms with E-state index >= 15 is 0 Å². The summed E-state index contributed by atoms with van der Waals surface area (Å²) in [6, 6.07) is 0. The van der Waals surface area contributed by atoms with Crippen LogP contribution < -0.4 is 11.7 Å². The van der Waals surface area contributed by atoms with E-state index in [1.165, 1.54) is 0 Å². The van der Waals surface area contributed by atoms with Crippen molar-refractivity contribution in [2.75, 3.05) is 13.1 Å². The molecule has 0 aliphatic carbocycles. The third kappa shape index (κ3) is 4.87. The van der Waals surface area contributed by atoms with E-state index < -0.39 is 20.4 Å². The van der Waals surface area contributed by atoms with E-state index in [0.29, 0.717) is 10.0 Å². The number of rotatable bonds is 4. The lowest BCUT2D eigenvalue weighted by atomic mass is 10.7. The molecule has 0 unspecified atom stereocenters. The summed E-state index contributed by atoms with van der Waals surface area (Å²) in [5, 5.41) is 1.34. The van der Waals surface area contributed by atoms with E-state index in [1.54, 1.807) is 13.8 Å². The summed E-state index contributed by atoms with van der Waals surface area (Å²) in [6.07, 6.45) is -2.12. The molecule has 0 heterocycles. The zero-order valence-corrected chi connectivity index (χ0v) is 9.85. The van der Waals surface area contributed by atoms with Crippen LogP contribution in [0.15, 0.2) is 0 Å². The fourth-order valence-electron chi connectivity index (χ4n) is 0.509. The molecule has 0 radical (unpaired) electrons. The summed E-state index contributed by atoms with van der Waals surface area (Å²) in [5.41, 5.74) is 0. The summed E-state index contributed by atoms with van der Waals surface area (Å²) in [7, 11) is -2.93. The largest absolute Gasteiger partial charge is 0.815 e. The smallest absolute Gasteiger partial charge is 0.242 e. The van der Waals surface area contributed by atoms with Crippen LogP contribution in [-0.2, 0) is 13.6 Å². The molecule has 16 heavy (non-hydrogen) atoms. The molecule has 0 atom stereocenters. The Balaban J connectivity index is 4.09. The molecule has 9 nitrogen and oxygen atoms in total. The molecule has 0 fully saturated rings. The third-order valence-corrected chi connectivity index (χ3v) is 2.07. The summed E-state index contributed by atoms with van der Waals surface area (Å²) in [5.74, 6) is 10.3. The number of carbonyl (C=O) groups is 2. The van der Waals surface area contributed by atoms with Crippen LogP contribution in [0.1, 0.15) is 13.8 Å². The van der Waals surface area contributed by atoms with E-state index in [9.17, 15) is 14.2 Å². The number of nitrogens with two attached hydrogens (primary N) is 2. The highest BCUT2D eigenvalue weighted by molar-refractivity contribution is 7.34. The van der Waals surface area contributed by atoms with Gasteiger partial charge in [0.05, 0.1) is 0 Å². The molecular formula is C6H14N4O5P+. The van der Waals surface area contributed by atoms with Gasteiger partial charge in [-0.1, -0.05) is 0 Å². The average Bonchev–Trinajstić information content (AvgIpc) is 2.26. The quantitative estimate of drug-likeness (QED) is 0.319. The number of nitrogens with zero attached hydrogens (tertiary/aromatic N) is 2. The second-order valence-corrected chi connectivity index (χ2v) is 3.32. The number of carbonyl (C=O) groups excluding carboxylic acids is 2. The summed E-state index contributed by atoms with van der Waals surface area (Å²) in [6.45, 7) is 3.49. The lowest BCUT2D eigenvalue weighted by Gasteiger charge is -2.09. The van der Waals surface area contributed by atoms with E-state index in [4.69, 9.17) is 11.7 Å². The zero-order chi connectivity index (χ0) is 12.7. The standard InChI is InChI=1S/C6H14N4O5P/c1-3-9(7)5(11)14-16(13)15-6(12)10(8)4-2/h3-4,7-8H2,1-2H3/q+1. The minimum Gasteiger partial charge on any atom is -0.242 e. The summed E-state index contributed by atoms with van der Waals surface area (Å²) < 4.78 is 19.4. The lowest BCUT2D eigenvalue weighted by molar-refractivity contribution is 0.136. The van der Waals surface area contributed by atoms with Crippen molar-refractivity contribution in [3.05, 3.63) is 0 Å². The van der Waals surface area contributed by atoms with Crippen LogP contribution >= 0.6 is 8.25 Å². The Kier molecular flexibility index (Phi) is 6.31. The van der Waals surface area contributed by atoms with E-state index in [-0.39, 0.29) is 13.1 Å². The molecule has 0 aliphatic rings. The van der Waals surface area contributed by atoms with Crippen molar-refractivity contribution >= 4 is 20.4 Å². The van der Waals surface area contributed by atoms with Gasteiger partial charge in [-0.3, -0.25) is 0 Å². The predicted octanol–water partition coefficient (Wildman–Crippen LogP) is 0.308. The first-order valence-corrected chi connectivity index (χ1v) is 5.47. The van der Waals surface area contributed by atoms with Crippen LogP contribution in [0.3, 0.4) is 0 Å². The Morgan fingerprint density at radius 2 is 1.38 bits per heavy atom. The van der Waals surface area contributed by atoms with E-state index in [1.807, 2.05) is 0 Å². The number of hydrogen-bond acceptors (Lipinski definition) is 7. The van der Waals surface area contributed by atoms with Crippen LogP contribution in [0, 0.1) is 0 Å². The Hall–Kier alpha value is -1.44. The van der Waals surface area contributed by atoms with Crippen molar-refractivity contribution < 1.29 is 23.2 Å². The molecule has 0 aromatic carbocycles. The van der Waals surface area contributed by atoms with Gasteiger partial charge < -0.3 is 0 Å². The molecule has 10 heteroatoms. The molecule has 92 valence electrons. The normalized spacial score (nSPS) is 9.25. The van der Waals surface area contributed by atoms with Gasteiger partial charge in [-0.05, 0) is 13.8 Å². The molecule has 2 amide bonds. The second kappa shape index (κ2) is 6.94. The van der Waals surface area contributed by atoms with Crippen LogP contribution in [-0.4, -0.2) is 35.3 Å². The zero-order valence-electron chi connectivity index (χ0n) is 8.95. The molecule has 0 bridgehead atoms. The Bertz CT molecular complexity index is 260. The van der Waals surface area contributed by atoms with Gasteiger partial charge in [0.15, 0.2) is 0 Å². The van der Waals surface area contributed by atoms with Gasteiger partial charge >= 0.3 is 20.4 Å². The fraction of sp³-hybridized carbons (Fsp3) is 0.667. The first-order chi connectivity index (χ1) is 7.42. The molecule has 0 aromatic rings. The Morgan fingerprint density at radius 1 is 1.06 bits per heavy atom. The van der Waals surface area contributed by atoms with Crippen molar-refractivity contribution in [3.8, 4) is 0 Å². The molecule has 0 saturated heterocycles. The average molecular weight is 253 g/mol. The highest BCUT2D eigenvalue weighted by Gasteiger charge is 2.34. The molecule has 0 aliphatic heterocycles. The van der Waals surface area contributed by atoms with E-state index in [0.717, 1.165) is 0 Å². The Labute approximate surface area is 93.1 Å². The molecule has 0 rings (SSSR count). The topological polar surface area (TPSA) is 128 Å². The van der Waals surface area contributed by atoms with Crippen LogP contribution in [0.4, 0.5) is 9.59 Å². The first kappa shape index (κ1) is 14.6. The van der Waals surface area contributed by atoms with Crippen molar-refractivity contribution in [1.29, 1.82) is 0 Å². The molecule has 0 spiro atoms. The SMILES string of the molecule is CCN(N)C(=O)O[P+](=O)OC(=O)N(N)CC. The van der Waals surface area contributed by atoms with Gasteiger partial charge in [0.25, 0.3) is 0 Å². The maximum atomic E-state index is 11.0. The second-order valence-electron chi connectivity index (χ2n) is 2.51. The van der Waals surface area contributed by atoms with Crippen molar-refractivity contribution in [1.82, 2.24) is 10.0 Å². The fourth-order valence-corrected chi connectivity index (χ4v) is 1.01. The number of hydrazine groups is 2. The van der Waals surface area contributed by atoms with Gasteiger partial charge in [-0.2, -0.15) is 9.05 Å². The minimum absolute atomic E-state index is 0.161. The van der Waals surface area contributed by atoms with Gasteiger partial charge in [0.2, 0.25) is 0 Å². The lowest BCUT2D eigenvalue weighted by Crippen LogP contribution is -2.38. The molecular weight excluding hydrogens is 239 g/mol. The number of hydrogen-bond donors (Lipinski definition) is 2. The first-order valence-electron chi connectivity index (χ1n) is 4.37. The highest BCUT2D eigenvalue weighted by atomic mass is 31.1. The van der Waals surface area contributed by atoms with Gasteiger partial charge in [-0.15, -0.1) is 0 Å². The third-order valence-electron chi connectivity index (χ3n) is 1.46. The maximum Gasteiger partial charge on any atom is 0.815 e. The van der Waals surface area contributed by atoms with Crippen molar-refractivity contribution in [2.24, 2.45) is 11.7 Å². The van der Waals surface area contributed by atoms with Crippen molar-refractivity contribution in [3.63, 3.8) is 0 Å². The predicted molar refractivity (Wildman–Crippen MR) is 53.7 cm³/mol. The highest BCUT2D eigenvalue weighted by Crippen LogP contribution is 2.25. The van der Waals surface area contributed by atoms with Crippen LogP contribution in [0.5, 0.6) is 0 Å². The summed E-state index contributed by atoms with van der Waals surface area (Å²) in [4.78, 5) is 21.9. The van der Waals surface area contributed by atoms with Crippen LogP contribution in [0.2, 0.25) is 0 Å². The van der Waals surface area contributed by atoms with Gasteiger partial charge in [-0.25, -0.2) is 31.3 Å². The van der Waals surface area contributed by atoms with Gasteiger partial charge in [0.1, 0.15) is 0 Å². The maximum absolute atomic E-state index is 11.0. The molecule has 0 aromatic heterocycles. The monoisotopic (exact) mass is 253 g/mol. The van der Waals surface area contributed by atoms with Crippen molar-refractivity contribution in [2.45, 2.75) is 13.8 Å². The molecule has 0 saturated carbocycles. The van der Waals surface area contributed by atoms with Gasteiger partial charge in [0, 0.05) is 17.7 Å².